The number of piperidine rings is 1. The number of hydrogen-bond acceptors (Lipinski definition) is 9. The highest BCUT2D eigenvalue weighted by Crippen LogP contribution is 2.35. The number of esters is 1. The van der Waals surface area contributed by atoms with Gasteiger partial charge in [0.25, 0.3) is 0 Å². The summed E-state index contributed by atoms with van der Waals surface area (Å²) in [5, 5.41) is 8.20. The number of nitrogens with zero attached hydrogens (tertiary/aromatic N) is 4. The molecular formula is C22H22N4O2S3. The van der Waals surface area contributed by atoms with Gasteiger partial charge in [-0.05, 0) is 43.7 Å². The molecule has 0 atom stereocenters. The Bertz CT molecular complexity index is 1210. The lowest BCUT2D eigenvalue weighted by molar-refractivity contribution is -0.150. The molecule has 1 aliphatic rings. The molecule has 0 spiro atoms. The second kappa shape index (κ2) is 8.64. The minimum Gasteiger partial charge on any atom is -0.459 e. The van der Waals surface area contributed by atoms with E-state index in [-0.39, 0.29) is 18.5 Å². The van der Waals surface area contributed by atoms with Crippen molar-refractivity contribution < 1.29 is 9.53 Å². The maximum atomic E-state index is 12.6. The van der Waals surface area contributed by atoms with Crippen LogP contribution < -0.4 is 4.90 Å². The third-order valence-electron chi connectivity index (χ3n) is 5.76. The number of rotatable bonds is 5. The molecule has 0 saturated carbocycles. The van der Waals surface area contributed by atoms with Gasteiger partial charge in [0.05, 0.1) is 17.0 Å². The van der Waals surface area contributed by atoms with Crippen LogP contribution in [0.4, 0.5) is 5.82 Å². The van der Waals surface area contributed by atoms with Crippen molar-refractivity contribution in [2.75, 3.05) is 18.0 Å². The second-order valence-electron chi connectivity index (χ2n) is 7.69. The topological polar surface area (TPSA) is 68.2 Å². The molecule has 5 rings (SSSR count). The Hall–Kier alpha value is -2.36. The van der Waals surface area contributed by atoms with Gasteiger partial charge in [-0.2, -0.15) is 11.3 Å². The van der Waals surface area contributed by atoms with E-state index in [2.05, 4.69) is 45.1 Å². The van der Waals surface area contributed by atoms with Crippen LogP contribution in [0, 0.1) is 19.8 Å². The van der Waals surface area contributed by atoms with E-state index in [0.29, 0.717) is 0 Å². The third-order valence-corrected chi connectivity index (χ3v) is 8.49. The standard InChI is InChI=1S/C22H22N4O2S3/c1-13-14(2)31-21-18(13)19(23-12-24-21)26-6-3-15(4-7-26)22(27)28-9-17-11-30-20(25-17)16-5-8-29-10-16/h5,8,10-12,15H,3-4,6-7,9H2,1-2H3. The Morgan fingerprint density at radius 1 is 1.23 bits per heavy atom. The highest BCUT2D eigenvalue weighted by molar-refractivity contribution is 7.18. The molecule has 1 saturated heterocycles. The summed E-state index contributed by atoms with van der Waals surface area (Å²) in [6, 6.07) is 2.05. The SMILES string of the molecule is Cc1sc2ncnc(N3CCC(C(=O)OCc4csc(-c5ccsc5)n4)CC3)c2c1C. The molecule has 4 aromatic heterocycles. The molecule has 160 valence electrons. The van der Waals surface area contributed by atoms with Crippen LogP contribution in [0.3, 0.4) is 0 Å². The van der Waals surface area contributed by atoms with Crippen LogP contribution in [-0.4, -0.2) is 34.0 Å². The summed E-state index contributed by atoms with van der Waals surface area (Å²) in [6.07, 6.45) is 3.18. The molecule has 4 aromatic rings. The fourth-order valence-electron chi connectivity index (χ4n) is 3.89. The van der Waals surface area contributed by atoms with Crippen LogP contribution in [0.5, 0.6) is 0 Å². The average Bonchev–Trinajstić information content (AvgIpc) is 3.53. The molecule has 0 unspecified atom stereocenters. The number of hydrogen-bond donors (Lipinski definition) is 0. The lowest BCUT2D eigenvalue weighted by Gasteiger charge is -2.32. The van der Waals surface area contributed by atoms with Crippen LogP contribution >= 0.6 is 34.0 Å². The van der Waals surface area contributed by atoms with E-state index < -0.39 is 0 Å². The summed E-state index contributed by atoms with van der Waals surface area (Å²) in [5.41, 5.74) is 3.18. The van der Waals surface area contributed by atoms with Crippen molar-refractivity contribution in [3.63, 3.8) is 0 Å². The molecule has 0 bridgehead atoms. The predicted molar refractivity (Wildman–Crippen MR) is 127 cm³/mol. The van der Waals surface area contributed by atoms with Gasteiger partial charge >= 0.3 is 5.97 Å². The Kier molecular flexibility index (Phi) is 5.73. The van der Waals surface area contributed by atoms with Gasteiger partial charge in [0.1, 0.15) is 28.6 Å². The van der Waals surface area contributed by atoms with Crippen LogP contribution in [0.2, 0.25) is 0 Å². The van der Waals surface area contributed by atoms with Crippen molar-refractivity contribution in [2.45, 2.75) is 33.3 Å². The van der Waals surface area contributed by atoms with Gasteiger partial charge in [-0.25, -0.2) is 15.0 Å². The van der Waals surface area contributed by atoms with E-state index in [1.807, 2.05) is 10.8 Å². The summed E-state index contributed by atoms with van der Waals surface area (Å²) in [6.45, 7) is 6.07. The highest BCUT2D eigenvalue weighted by Gasteiger charge is 2.28. The first-order valence-electron chi connectivity index (χ1n) is 10.2. The van der Waals surface area contributed by atoms with Crippen LogP contribution in [0.25, 0.3) is 20.8 Å². The van der Waals surface area contributed by atoms with E-state index in [1.165, 1.54) is 10.4 Å². The van der Waals surface area contributed by atoms with Crippen molar-refractivity contribution in [3.8, 4) is 10.6 Å². The second-order valence-corrected chi connectivity index (χ2v) is 10.5. The zero-order valence-corrected chi connectivity index (χ0v) is 19.8. The number of thiazole rings is 1. The number of ether oxygens (including phenoxy) is 1. The monoisotopic (exact) mass is 470 g/mol. The van der Waals surface area contributed by atoms with Gasteiger partial charge in [0.15, 0.2) is 0 Å². The Labute approximate surface area is 192 Å². The van der Waals surface area contributed by atoms with Crippen LogP contribution in [0.15, 0.2) is 28.5 Å². The molecule has 1 aliphatic heterocycles. The van der Waals surface area contributed by atoms with Crippen molar-refractivity contribution >= 4 is 56.0 Å². The zero-order chi connectivity index (χ0) is 21.4. The molecule has 5 heterocycles. The van der Waals surface area contributed by atoms with Crippen LogP contribution in [-0.2, 0) is 16.1 Å². The predicted octanol–water partition coefficient (Wildman–Crippen LogP) is 5.45. The van der Waals surface area contributed by atoms with Gasteiger partial charge in [-0.15, -0.1) is 22.7 Å². The molecule has 0 aliphatic carbocycles. The number of carbonyl (C=O) groups is 1. The van der Waals surface area contributed by atoms with Crippen molar-refractivity contribution in [2.24, 2.45) is 5.92 Å². The van der Waals surface area contributed by atoms with E-state index in [0.717, 1.165) is 58.2 Å². The fourth-order valence-corrected chi connectivity index (χ4v) is 6.39. The van der Waals surface area contributed by atoms with Gasteiger partial charge in [-0.1, -0.05) is 0 Å². The molecule has 0 N–H and O–H groups in total. The maximum absolute atomic E-state index is 12.6. The van der Waals surface area contributed by atoms with Crippen molar-refractivity contribution in [1.82, 2.24) is 15.0 Å². The molecule has 0 amide bonds. The van der Waals surface area contributed by atoms with Gasteiger partial charge in [0, 0.05) is 34.3 Å². The first kappa shape index (κ1) is 20.5. The number of anilines is 1. The lowest BCUT2D eigenvalue weighted by Crippen LogP contribution is -2.37. The summed E-state index contributed by atoms with van der Waals surface area (Å²) < 4.78 is 5.60. The van der Waals surface area contributed by atoms with Gasteiger partial charge in [-0.3, -0.25) is 4.79 Å². The van der Waals surface area contributed by atoms with Gasteiger partial charge < -0.3 is 9.64 Å². The smallest absolute Gasteiger partial charge is 0.309 e. The van der Waals surface area contributed by atoms with E-state index in [9.17, 15) is 4.79 Å². The van der Waals surface area contributed by atoms with Crippen LogP contribution in [0.1, 0.15) is 29.0 Å². The van der Waals surface area contributed by atoms with E-state index in [4.69, 9.17) is 4.74 Å². The molecule has 31 heavy (non-hydrogen) atoms. The normalized spacial score (nSPS) is 15.0. The van der Waals surface area contributed by atoms with Crippen molar-refractivity contribution in [1.29, 1.82) is 0 Å². The summed E-state index contributed by atoms with van der Waals surface area (Å²) >= 11 is 4.95. The Balaban J connectivity index is 1.19. The summed E-state index contributed by atoms with van der Waals surface area (Å²) in [7, 11) is 0. The molecule has 6 nitrogen and oxygen atoms in total. The summed E-state index contributed by atoms with van der Waals surface area (Å²) in [4.78, 5) is 30.8. The third kappa shape index (κ3) is 4.09. The number of thiophene rings is 2. The fraction of sp³-hybridized carbons (Fsp3) is 0.364. The molecule has 0 aromatic carbocycles. The maximum Gasteiger partial charge on any atom is 0.309 e. The first-order valence-corrected chi connectivity index (χ1v) is 12.8. The quantitative estimate of drug-likeness (QED) is 0.361. The molecule has 0 radical (unpaired) electrons. The summed E-state index contributed by atoms with van der Waals surface area (Å²) in [5.74, 6) is 0.788. The Morgan fingerprint density at radius 3 is 2.84 bits per heavy atom. The number of aryl methyl sites for hydroxylation is 2. The minimum atomic E-state index is -0.125. The molecule has 9 heteroatoms. The Morgan fingerprint density at radius 2 is 2.06 bits per heavy atom. The zero-order valence-electron chi connectivity index (χ0n) is 17.3. The molecule has 1 fully saturated rings. The van der Waals surface area contributed by atoms with Crippen molar-refractivity contribution in [3.05, 3.63) is 44.7 Å². The van der Waals surface area contributed by atoms with Gasteiger partial charge in [0.2, 0.25) is 0 Å². The van der Waals surface area contributed by atoms with E-state index in [1.54, 1.807) is 40.3 Å². The lowest BCUT2D eigenvalue weighted by atomic mass is 9.97. The first-order chi connectivity index (χ1) is 15.1. The molecular weight excluding hydrogens is 448 g/mol. The van der Waals surface area contributed by atoms with E-state index >= 15 is 0 Å². The number of carbonyl (C=O) groups excluding carboxylic acids is 1. The average molecular weight is 471 g/mol. The highest BCUT2D eigenvalue weighted by atomic mass is 32.1. The minimum absolute atomic E-state index is 0.0751. The largest absolute Gasteiger partial charge is 0.459 e. The number of fused-ring (bicyclic) bond motifs is 1. The number of aromatic nitrogens is 3.